The summed E-state index contributed by atoms with van der Waals surface area (Å²) in [5.74, 6) is 1.52. The Bertz CT molecular complexity index is 325. The van der Waals surface area contributed by atoms with Gasteiger partial charge in [-0.25, -0.2) is 4.98 Å². The molecule has 0 spiro atoms. The van der Waals surface area contributed by atoms with Crippen molar-refractivity contribution >= 4 is 5.57 Å². The van der Waals surface area contributed by atoms with Gasteiger partial charge < -0.3 is 4.90 Å². The molecule has 0 unspecified atom stereocenters. The number of hydrogen-bond acceptors (Lipinski definition) is 3. The second-order valence-corrected chi connectivity index (χ2v) is 3.39. The summed E-state index contributed by atoms with van der Waals surface area (Å²) in [5.41, 5.74) is 0.748. The first kappa shape index (κ1) is 10.7. The normalized spacial score (nSPS) is 10.5. The Morgan fingerprint density at radius 3 is 2.86 bits per heavy atom. The SMILES string of the molecule is C=CC(=C)c1n[nH]c(CCN(C)C)n1. The maximum atomic E-state index is 4.29. The van der Waals surface area contributed by atoms with Crippen LogP contribution in [0, 0.1) is 0 Å². The average molecular weight is 192 g/mol. The lowest BCUT2D eigenvalue weighted by Gasteiger charge is -2.06. The lowest BCUT2D eigenvalue weighted by molar-refractivity contribution is 0.410. The zero-order chi connectivity index (χ0) is 10.6. The highest BCUT2D eigenvalue weighted by Gasteiger charge is 2.04. The van der Waals surface area contributed by atoms with Gasteiger partial charge in [0.25, 0.3) is 0 Å². The van der Waals surface area contributed by atoms with Crippen LogP contribution in [0.3, 0.4) is 0 Å². The highest BCUT2D eigenvalue weighted by molar-refractivity contribution is 5.65. The van der Waals surface area contributed by atoms with Crippen molar-refractivity contribution in [1.82, 2.24) is 20.1 Å². The van der Waals surface area contributed by atoms with Crippen LogP contribution in [0.5, 0.6) is 0 Å². The van der Waals surface area contributed by atoms with Gasteiger partial charge in [-0.3, -0.25) is 5.10 Å². The Kier molecular flexibility index (Phi) is 3.59. The highest BCUT2D eigenvalue weighted by Crippen LogP contribution is 2.06. The summed E-state index contributed by atoms with van der Waals surface area (Å²) in [6.45, 7) is 8.35. The molecule has 14 heavy (non-hydrogen) atoms. The van der Waals surface area contributed by atoms with Gasteiger partial charge >= 0.3 is 0 Å². The van der Waals surface area contributed by atoms with E-state index in [2.05, 4.69) is 33.2 Å². The lowest BCUT2D eigenvalue weighted by atomic mass is 10.3. The molecule has 0 amide bonds. The van der Waals surface area contributed by atoms with Crippen LogP contribution < -0.4 is 0 Å². The van der Waals surface area contributed by atoms with E-state index in [0.29, 0.717) is 5.82 Å². The topological polar surface area (TPSA) is 44.8 Å². The molecule has 0 radical (unpaired) electrons. The minimum Gasteiger partial charge on any atom is -0.309 e. The molecule has 1 heterocycles. The fraction of sp³-hybridized carbons (Fsp3) is 0.400. The van der Waals surface area contributed by atoms with E-state index in [1.54, 1.807) is 6.08 Å². The zero-order valence-corrected chi connectivity index (χ0v) is 8.75. The molecule has 0 aliphatic heterocycles. The van der Waals surface area contributed by atoms with E-state index in [1.165, 1.54) is 0 Å². The summed E-state index contributed by atoms with van der Waals surface area (Å²) < 4.78 is 0. The van der Waals surface area contributed by atoms with Gasteiger partial charge in [0.05, 0.1) is 0 Å². The van der Waals surface area contributed by atoms with Gasteiger partial charge in [-0.1, -0.05) is 19.2 Å². The second-order valence-electron chi connectivity index (χ2n) is 3.39. The molecule has 1 N–H and O–H groups in total. The van der Waals surface area contributed by atoms with Gasteiger partial charge in [-0.15, -0.1) is 0 Å². The molecule has 0 atom stereocenters. The lowest BCUT2D eigenvalue weighted by Crippen LogP contribution is -2.15. The maximum absolute atomic E-state index is 4.29. The molecular formula is C10H16N4. The first-order valence-corrected chi connectivity index (χ1v) is 4.51. The molecule has 0 aromatic carbocycles. The van der Waals surface area contributed by atoms with E-state index >= 15 is 0 Å². The van der Waals surface area contributed by atoms with Crippen molar-refractivity contribution in [2.24, 2.45) is 0 Å². The molecule has 0 aliphatic rings. The van der Waals surface area contributed by atoms with Gasteiger partial charge in [0.1, 0.15) is 5.82 Å². The van der Waals surface area contributed by atoms with Gasteiger partial charge in [0, 0.05) is 18.5 Å². The molecule has 0 aliphatic carbocycles. The number of H-pyrrole nitrogens is 1. The molecular weight excluding hydrogens is 176 g/mol. The summed E-state index contributed by atoms with van der Waals surface area (Å²) in [4.78, 5) is 6.39. The summed E-state index contributed by atoms with van der Waals surface area (Å²) in [6.07, 6.45) is 2.52. The van der Waals surface area contributed by atoms with Crippen molar-refractivity contribution in [2.75, 3.05) is 20.6 Å². The fourth-order valence-electron chi connectivity index (χ4n) is 0.972. The monoisotopic (exact) mass is 192 g/mol. The van der Waals surface area contributed by atoms with E-state index < -0.39 is 0 Å². The largest absolute Gasteiger partial charge is 0.309 e. The Hall–Kier alpha value is -1.42. The van der Waals surface area contributed by atoms with Gasteiger partial charge in [0.15, 0.2) is 5.82 Å². The van der Waals surface area contributed by atoms with E-state index in [-0.39, 0.29) is 0 Å². The number of aromatic nitrogens is 3. The number of aromatic amines is 1. The first-order valence-electron chi connectivity index (χ1n) is 4.51. The Labute approximate surface area is 84.3 Å². The van der Waals surface area contributed by atoms with E-state index in [9.17, 15) is 0 Å². The van der Waals surface area contributed by atoms with Crippen LogP contribution in [0.4, 0.5) is 0 Å². The summed E-state index contributed by atoms with van der Waals surface area (Å²) in [7, 11) is 4.06. The van der Waals surface area contributed by atoms with Crippen LogP contribution in [0.2, 0.25) is 0 Å². The van der Waals surface area contributed by atoms with Crippen molar-refractivity contribution in [3.8, 4) is 0 Å². The number of rotatable bonds is 5. The van der Waals surface area contributed by atoms with Gasteiger partial charge in [-0.2, -0.15) is 5.10 Å². The second kappa shape index (κ2) is 4.72. The Balaban J connectivity index is 2.59. The quantitative estimate of drug-likeness (QED) is 0.711. The van der Waals surface area contributed by atoms with Crippen molar-refractivity contribution in [3.05, 3.63) is 30.9 Å². The molecule has 1 aromatic heterocycles. The third-order valence-electron chi connectivity index (χ3n) is 1.86. The smallest absolute Gasteiger partial charge is 0.180 e. The van der Waals surface area contributed by atoms with E-state index in [1.807, 2.05) is 14.1 Å². The standard InChI is InChI=1S/C10H16N4/c1-5-8(2)10-11-9(12-13-10)6-7-14(3)4/h5H,1-2,6-7H2,3-4H3,(H,11,12,13). The molecule has 4 nitrogen and oxygen atoms in total. The molecule has 0 bridgehead atoms. The minimum absolute atomic E-state index is 0.633. The molecule has 0 fully saturated rings. The number of hydrogen-bond donors (Lipinski definition) is 1. The summed E-state index contributed by atoms with van der Waals surface area (Å²) >= 11 is 0. The zero-order valence-electron chi connectivity index (χ0n) is 8.75. The molecule has 4 heteroatoms. The minimum atomic E-state index is 0.633. The molecule has 76 valence electrons. The van der Waals surface area contributed by atoms with Crippen molar-refractivity contribution < 1.29 is 0 Å². The first-order chi connectivity index (χ1) is 6.63. The molecule has 1 rings (SSSR count). The van der Waals surface area contributed by atoms with Gasteiger partial charge in [-0.05, 0) is 14.1 Å². The fourth-order valence-corrected chi connectivity index (χ4v) is 0.972. The predicted octanol–water partition coefficient (Wildman–Crippen LogP) is 1.11. The van der Waals surface area contributed by atoms with Crippen molar-refractivity contribution in [1.29, 1.82) is 0 Å². The number of likely N-dealkylation sites (N-methyl/N-ethyl adjacent to an activating group) is 1. The molecule has 0 saturated heterocycles. The van der Waals surface area contributed by atoms with Crippen LogP contribution in [0.25, 0.3) is 5.57 Å². The van der Waals surface area contributed by atoms with Crippen molar-refractivity contribution in [3.63, 3.8) is 0 Å². The average Bonchev–Trinajstić information content (AvgIpc) is 2.62. The van der Waals surface area contributed by atoms with E-state index in [0.717, 1.165) is 24.4 Å². The third kappa shape index (κ3) is 2.81. The molecule has 0 saturated carbocycles. The van der Waals surface area contributed by atoms with Crippen LogP contribution in [-0.4, -0.2) is 40.7 Å². The number of nitrogens with zero attached hydrogens (tertiary/aromatic N) is 3. The number of nitrogens with one attached hydrogen (secondary N) is 1. The summed E-state index contributed by atoms with van der Waals surface area (Å²) in [6, 6.07) is 0. The van der Waals surface area contributed by atoms with Gasteiger partial charge in [0.2, 0.25) is 0 Å². The van der Waals surface area contributed by atoms with Crippen molar-refractivity contribution in [2.45, 2.75) is 6.42 Å². The van der Waals surface area contributed by atoms with Crippen LogP contribution in [0.15, 0.2) is 19.2 Å². The summed E-state index contributed by atoms with van der Waals surface area (Å²) in [5, 5.41) is 6.92. The van der Waals surface area contributed by atoms with Crippen LogP contribution >= 0.6 is 0 Å². The highest BCUT2D eigenvalue weighted by atomic mass is 15.2. The number of allylic oxidation sites excluding steroid dienone is 2. The van der Waals surface area contributed by atoms with Crippen LogP contribution in [-0.2, 0) is 6.42 Å². The van der Waals surface area contributed by atoms with Crippen LogP contribution in [0.1, 0.15) is 11.6 Å². The molecule has 1 aromatic rings. The Morgan fingerprint density at radius 1 is 1.57 bits per heavy atom. The predicted molar refractivity (Wildman–Crippen MR) is 57.9 cm³/mol. The third-order valence-corrected chi connectivity index (χ3v) is 1.86. The van der Waals surface area contributed by atoms with E-state index in [4.69, 9.17) is 0 Å². The maximum Gasteiger partial charge on any atom is 0.180 e. The Morgan fingerprint density at radius 2 is 2.29 bits per heavy atom.